The molecule has 118 valence electrons. The fourth-order valence-corrected chi connectivity index (χ4v) is 3.15. The first-order valence-electron chi connectivity index (χ1n) is 8.52. The molecule has 0 aromatic heterocycles. The van der Waals surface area contributed by atoms with E-state index in [0.29, 0.717) is 17.5 Å². The highest BCUT2D eigenvalue weighted by Gasteiger charge is 2.29. The summed E-state index contributed by atoms with van der Waals surface area (Å²) >= 11 is 0. The minimum absolute atomic E-state index is 0.409. The Morgan fingerprint density at radius 3 is 2.52 bits per heavy atom. The third-order valence-electron chi connectivity index (χ3n) is 4.47. The molecule has 0 amide bonds. The van der Waals surface area contributed by atoms with Crippen molar-refractivity contribution in [1.29, 1.82) is 0 Å². The molecule has 1 saturated heterocycles. The number of hydrogen-bond acceptors (Lipinski definition) is 2. The summed E-state index contributed by atoms with van der Waals surface area (Å²) in [5.74, 6) is 0. The van der Waals surface area contributed by atoms with Gasteiger partial charge < -0.3 is 5.32 Å². The second-order valence-electron chi connectivity index (χ2n) is 7.63. The van der Waals surface area contributed by atoms with Gasteiger partial charge in [0.1, 0.15) is 0 Å². The summed E-state index contributed by atoms with van der Waals surface area (Å²) < 4.78 is 0. The van der Waals surface area contributed by atoms with E-state index in [2.05, 4.69) is 68.2 Å². The van der Waals surface area contributed by atoms with Gasteiger partial charge in [-0.25, -0.2) is 0 Å². The van der Waals surface area contributed by atoms with Crippen molar-refractivity contribution >= 4 is 0 Å². The molecule has 2 heteroatoms. The Morgan fingerprint density at radius 1 is 1.19 bits per heavy atom. The number of benzene rings is 1. The first-order valence-corrected chi connectivity index (χ1v) is 8.52. The first kappa shape index (κ1) is 16.5. The van der Waals surface area contributed by atoms with Crippen LogP contribution in [0.1, 0.15) is 58.6 Å². The minimum Gasteiger partial charge on any atom is -0.311 e. The molecule has 1 aromatic rings. The Kier molecular flexibility index (Phi) is 5.83. The second-order valence-corrected chi connectivity index (χ2v) is 7.63. The van der Waals surface area contributed by atoms with E-state index in [1.165, 1.54) is 37.9 Å². The van der Waals surface area contributed by atoms with Crippen LogP contribution >= 0.6 is 0 Å². The van der Waals surface area contributed by atoms with Gasteiger partial charge in [-0.2, -0.15) is 0 Å². The zero-order valence-corrected chi connectivity index (χ0v) is 14.2. The Labute approximate surface area is 130 Å². The molecular formula is C19H32N2. The lowest BCUT2D eigenvalue weighted by molar-refractivity contribution is 0.111. The standard InChI is InChI=1S/C19H32N2/c1-5-9-17-15-21(13-12-19(2,3)4)18(14-20-17)16-10-7-6-8-11-16/h6-8,10-11,17-18,20H,5,9,12-15H2,1-4H3. The zero-order valence-electron chi connectivity index (χ0n) is 14.2. The summed E-state index contributed by atoms with van der Waals surface area (Å²) in [6.45, 7) is 12.8. The lowest BCUT2D eigenvalue weighted by Gasteiger charge is -2.41. The summed E-state index contributed by atoms with van der Waals surface area (Å²) in [5.41, 5.74) is 1.86. The smallest absolute Gasteiger partial charge is 0.0473 e. The molecule has 1 heterocycles. The minimum atomic E-state index is 0.409. The largest absolute Gasteiger partial charge is 0.311 e. The van der Waals surface area contributed by atoms with E-state index in [-0.39, 0.29) is 0 Å². The predicted octanol–water partition coefficient (Wildman–Crippen LogP) is 4.24. The van der Waals surface area contributed by atoms with Crippen molar-refractivity contribution in [2.45, 2.75) is 59.0 Å². The summed E-state index contributed by atoms with van der Waals surface area (Å²) in [7, 11) is 0. The summed E-state index contributed by atoms with van der Waals surface area (Å²) in [5, 5.41) is 3.75. The quantitative estimate of drug-likeness (QED) is 0.872. The second kappa shape index (κ2) is 7.42. The highest BCUT2D eigenvalue weighted by Crippen LogP contribution is 2.27. The Balaban J connectivity index is 2.06. The van der Waals surface area contributed by atoms with Gasteiger partial charge in [0, 0.05) is 25.2 Å². The summed E-state index contributed by atoms with van der Waals surface area (Å²) in [6.07, 6.45) is 3.81. The average Bonchev–Trinajstić information content (AvgIpc) is 2.46. The molecule has 0 spiro atoms. The highest BCUT2D eigenvalue weighted by atomic mass is 15.2. The number of nitrogens with one attached hydrogen (secondary N) is 1. The van der Waals surface area contributed by atoms with Crippen molar-refractivity contribution in [3.63, 3.8) is 0 Å². The molecule has 1 aliphatic heterocycles. The van der Waals surface area contributed by atoms with E-state index in [9.17, 15) is 0 Å². The fourth-order valence-electron chi connectivity index (χ4n) is 3.15. The molecule has 1 aromatic carbocycles. The van der Waals surface area contributed by atoms with E-state index in [1.54, 1.807) is 0 Å². The van der Waals surface area contributed by atoms with Gasteiger partial charge in [-0.15, -0.1) is 0 Å². The fraction of sp³-hybridized carbons (Fsp3) is 0.684. The molecule has 0 radical (unpaired) electrons. The van der Waals surface area contributed by atoms with Gasteiger partial charge in [-0.05, 0) is 30.4 Å². The molecule has 0 saturated carbocycles. The van der Waals surface area contributed by atoms with Crippen LogP contribution in [0.15, 0.2) is 30.3 Å². The van der Waals surface area contributed by atoms with Crippen molar-refractivity contribution in [2.75, 3.05) is 19.6 Å². The Morgan fingerprint density at radius 2 is 1.90 bits per heavy atom. The van der Waals surface area contributed by atoms with Crippen molar-refractivity contribution < 1.29 is 0 Å². The molecule has 1 fully saturated rings. The third-order valence-corrected chi connectivity index (χ3v) is 4.47. The highest BCUT2D eigenvalue weighted by molar-refractivity contribution is 5.20. The van der Waals surface area contributed by atoms with Crippen molar-refractivity contribution in [3.8, 4) is 0 Å². The van der Waals surface area contributed by atoms with Crippen LogP contribution in [0.25, 0.3) is 0 Å². The maximum Gasteiger partial charge on any atom is 0.0473 e. The molecule has 0 aliphatic carbocycles. The van der Waals surface area contributed by atoms with Crippen LogP contribution in [0.3, 0.4) is 0 Å². The van der Waals surface area contributed by atoms with Gasteiger partial charge in [-0.1, -0.05) is 64.4 Å². The lowest BCUT2D eigenvalue weighted by Crippen LogP contribution is -2.52. The maximum absolute atomic E-state index is 3.75. The van der Waals surface area contributed by atoms with Crippen LogP contribution < -0.4 is 5.32 Å². The molecule has 2 nitrogen and oxygen atoms in total. The molecule has 1 N–H and O–H groups in total. The van der Waals surface area contributed by atoms with Gasteiger partial charge in [0.15, 0.2) is 0 Å². The van der Waals surface area contributed by atoms with E-state index < -0.39 is 0 Å². The van der Waals surface area contributed by atoms with E-state index in [1.807, 2.05) is 0 Å². The summed E-state index contributed by atoms with van der Waals surface area (Å²) in [6, 6.07) is 12.2. The SMILES string of the molecule is CCCC1CN(CCC(C)(C)C)C(c2ccccc2)CN1. The van der Waals surface area contributed by atoms with Gasteiger partial charge in [0.05, 0.1) is 0 Å². The van der Waals surface area contributed by atoms with Gasteiger partial charge in [-0.3, -0.25) is 4.90 Å². The van der Waals surface area contributed by atoms with Crippen molar-refractivity contribution in [2.24, 2.45) is 5.41 Å². The van der Waals surface area contributed by atoms with E-state index >= 15 is 0 Å². The maximum atomic E-state index is 3.75. The van der Waals surface area contributed by atoms with Gasteiger partial charge in [0.2, 0.25) is 0 Å². The number of piperazine rings is 1. The first-order chi connectivity index (χ1) is 9.99. The van der Waals surface area contributed by atoms with Crippen LogP contribution in [-0.4, -0.2) is 30.6 Å². The van der Waals surface area contributed by atoms with Crippen LogP contribution in [0, 0.1) is 5.41 Å². The monoisotopic (exact) mass is 288 g/mol. The number of rotatable bonds is 5. The Hall–Kier alpha value is -0.860. The van der Waals surface area contributed by atoms with E-state index in [4.69, 9.17) is 0 Å². The van der Waals surface area contributed by atoms with Crippen LogP contribution in [0.2, 0.25) is 0 Å². The Bertz CT molecular complexity index is 407. The average molecular weight is 288 g/mol. The molecule has 2 rings (SSSR count). The molecular weight excluding hydrogens is 256 g/mol. The number of nitrogens with zero attached hydrogens (tertiary/aromatic N) is 1. The van der Waals surface area contributed by atoms with E-state index in [0.717, 1.165) is 6.54 Å². The lowest BCUT2D eigenvalue weighted by atomic mass is 9.90. The molecule has 1 aliphatic rings. The van der Waals surface area contributed by atoms with Crippen molar-refractivity contribution in [1.82, 2.24) is 10.2 Å². The molecule has 21 heavy (non-hydrogen) atoms. The predicted molar refractivity (Wildman–Crippen MR) is 91.5 cm³/mol. The van der Waals surface area contributed by atoms with Gasteiger partial charge in [0.25, 0.3) is 0 Å². The summed E-state index contributed by atoms with van der Waals surface area (Å²) in [4.78, 5) is 2.71. The number of hydrogen-bond donors (Lipinski definition) is 1. The molecule has 2 unspecified atom stereocenters. The van der Waals surface area contributed by atoms with Crippen LogP contribution in [-0.2, 0) is 0 Å². The van der Waals surface area contributed by atoms with Gasteiger partial charge >= 0.3 is 0 Å². The normalized spacial score (nSPS) is 24.2. The zero-order chi connectivity index (χ0) is 15.3. The van der Waals surface area contributed by atoms with Crippen LogP contribution in [0.4, 0.5) is 0 Å². The third kappa shape index (κ3) is 5.12. The molecule has 0 bridgehead atoms. The van der Waals surface area contributed by atoms with Crippen LogP contribution in [0.5, 0.6) is 0 Å². The topological polar surface area (TPSA) is 15.3 Å². The van der Waals surface area contributed by atoms with Crippen molar-refractivity contribution in [3.05, 3.63) is 35.9 Å². The molecule has 2 atom stereocenters.